The van der Waals surface area contributed by atoms with Gasteiger partial charge in [-0.1, -0.05) is 250 Å². The van der Waals surface area contributed by atoms with Crippen LogP contribution in [0.1, 0.15) is 25.0 Å². The molecule has 1 aliphatic rings. The van der Waals surface area contributed by atoms with Gasteiger partial charge in [0.05, 0.1) is 52.9 Å². The number of fused-ring (bicyclic) bond motifs is 28. The summed E-state index contributed by atoms with van der Waals surface area (Å²) in [6.07, 6.45) is 4.08. The molecule has 0 unspecified atom stereocenters. The van der Waals surface area contributed by atoms with Crippen molar-refractivity contribution in [2.75, 3.05) is 0 Å². The monoisotopic (exact) mass is 1500 g/mol. The van der Waals surface area contributed by atoms with E-state index in [-0.39, 0.29) is 5.41 Å². The molecule has 0 bridgehead atoms. The summed E-state index contributed by atoms with van der Waals surface area (Å²) in [5, 5.41) is 13.4. The molecule has 0 spiro atoms. The SMILES string of the molecule is CC1(C)c2ccccc2-c2c1c1ccccc1n2-c1nc(-c2ccccc2)c2oc3c(ccc4c5ccccc5oc43)c2n1.c1ccc(-c2nc(-n3ccc4ccccc43)nc3c2oc2c3ccc3c4ccccc4sc32)cc1.c1ccc(-c2nc(-n3ccc4ccccc43)nc3c2sc2c3ccc3c4ccccc4oc32)cc1. The van der Waals surface area contributed by atoms with Crippen LogP contribution in [0.4, 0.5) is 0 Å². The van der Waals surface area contributed by atoms with Gasteiger partial charge in [-0.25, -0.2) is 29.9 Å². The molecule has 0 fully saturated rings. The van der Waals surface area contributed by atoms with Gasteiger partial charge < -0.3 is 17.7 Å². The third kappa shape index (κ3) is 9.57. The Kier molecular flexibility index (Phi) is 13.9. The minimum Gasteiger partial charge on any atom is -0.455 e. The van der Waals surface area contributed by atoms with E-state index in [0.717, 1.165) is 169 Å². The summed E-state index contributed by atoms with van der Waals surface area (Å²) in [7, 11) is 0. The molecule has 536 valence electrons. The molecule has 0 atom stereocenters. The van der Waals surface area contributed by atoms with E-state index in [9.17, 15) is 0 Å². The number of thiophene rings is 2. The van der Waals surface area contributed by atoms with Crippen LogP contribution in [0.15, 0.2) is 339 Å². The Bertz CT molecular complexity index is 8000. The Balaban J connectivity index is 0.0000000998. The van der Waals surface area contributed by atoms with Crippen molar-refractivity contribution in [2.24, 2.45) is 0 Å². The van der Waals surface area contributed by atoms with E-state index in [2.05, 4.69) is 246 Å². The second-order valence-corrected chi connectivity index (χ2v) is 31.6. The number of aromatic nitrogens is 9. The predicted molar refractivity (Wildman–Crippen MR) is 465 cm³/mol. The zero-order valence-electron chi connectivity index (χ0n) is 61.1. The van der Waals surface area contributed by atoms with Gasteiger partial charge in [0.2, 0.25) is 17.8 Å². The molecule has 26 rings (SSSR count). The first-order chi connectivity index (χ1) is 56.3. The van der Waals surface area contributed by atoms with E-state index in [1.54, 1.807) is 22.7 Å². The number of benzene rings is 13. The number of rotatable bonds is 6. The largest absolute Gasteiger partial charge is 0.455 e. The van der Waals surface area contributed by atoms with E-state index in [1.807, 2.05) is 103 Å². The van der Waals surface area contributed by atoms with Gasteiger partial charge in [-0.05, 0) is 83.9 Å². The van der Waals surface area contributed by atoms with Crippen LogP contribution >= 0.6 is 22.7 Å². The average Bonchev–Trinajstić information content (AvgIpc) is 1.53. The maximum absolute atomic E-state index is 6.69. The maximum atomic E-state index is 6.69. The fraction of sp³-hybridized carbons (Fsp3) is 0.0303. The van der Waals surface area contributed by atoms with Crippen LogP contribution in [-0.4, -0.2) is 43.6 Å². The second-order valence-electron chi connectivity index (χ2n) is 29.5. The van der Waals surface area contributed by atoms with Crippen molar-refractivity contribution in [1.82, 2.24) is 43.6 Å². The Morgan fingerprint density at radius 1 is 0.289 bits per heavy atom. The van der Waals surface area contributed by atoms with Gasteiger partial charge in [0.25, 0.3) is 0 Å². The minimum atomic E-state index is -0.168. The highest BCUT2D eigenvalue weighted by Crippen LogP contribution is 2.55. The lowest BCUT2D eigenvalue weighted by atomic mass is 9.81. The van der Waals surface area contributed by atoms with Gasteiger partial charge in [-0.15, -0.1) is 22.7 Å². The van der Waals surface area contributed by atoms with Crippen molar-refractivity contribution in [2.45, 2.75) is 19.3 Å². The van der Waals surface area contributed by atoms with E-state index < -0.39 is 0 Å². The summed E-state index contributed by atoms with van der Waals surface area (Å²) in [6.45, 7) is 4.63. The van der Waals surface area contributed by atoms with Gasteiger partial charge in [-0.2, -0.15) is 0 Å². The lowest BCUT2D eigenvalue weighted by Gasteiger charge is -2.21. The topological polar surface area (TPSA) is 145 Å². The average molecular weight is 1500 g/mol. The summed E-state index contributed by atoms with van der Waals surface area (Å²) in [5.74, 6) is 1.92. The van der Waals surface area contributed by atoms with Gasteiger partial charge in [0.15, 0.2) is 33.5 Å². The molecule has 25 aromatic rings. The standard InChI is InChI=1S/C39H25N3O2.2C30H17N3OS/c1-39(2)28-17-9-6-15-25(28)34-31(39)26-16-7-10-18-29(26)42(34)38-40-32(22-12-4-3-5-13-22)37-33(41-38)27-21-20-24-23-14-8-11-19-30(23)43-35(24)36(27)44-37;1-2-9-19(10-3-1)25-28-26(32-30(31-25)33-17-16-18-8-4-6-12-23(18)33)22-15-14-21-20-11-5-7-13-24(20)35-29(21)27(22)34-28;1-2-9-19(10-3-1)25-29-26(32-30(31-25)33-17-16-18-8-4-6-12-23(18)33)22-15-14-21-20-11-5-7-13-24(20)34-27(21)28(22)35-29/h3-21H,1-2H3;2*1-17H. The smallest absolute Gasteiger partial charge is 0.236 e. The molecule has 0 radical (unpaired) electrons. The van der Waals surface area contributed by atoms with Crippen molar-refractivity contribution in [1.29, 1.82) is 0 Å². The van der Waals surface area contributed by atoms with Crippen molar-refractivity contribution in [3.8, 4) is 62.9 Å². The fourth-order valence-corrected chi connectivity index (χ4v) is 19.9. The van der Waals surface area contributed by atoms with Crippen LogP contribution in [0.3, 0.4) is 0 Å². The Hall–Kier alpha value is -14.6. The van der Waals surface area contributed by atoms with Crippen molar-refractivity contribution in [3.05, 3.63) is 333 Å². The first-order valence-corrected chi connectivity index (χ1v) is 39.6. The molecule has 0 saturated heterocycles. The molecule has 12 aromatic heterocycles. The van der Waals surface area contributed by atoms with Crippen molar-refractivity contribution in [3.63, 3.8) is 0 Å². The number of para-hydroxylation sites is 5. The van der Waals surface area contributed by atoms with E-state index >= 15 is 0 Å². The summed E-state index contributed by atoms with van der Waals surface area (Å²) in [5.41, 5.74) is 22.5. The summed E-state index contributed by atoms with van der Waals surface area (Å²) >= 11 is 3.47. The molecular weight excluding hydrogens is 1440 g/mol. The molecule has 13 aromatic carbocycles. The van der Waals surface area contributed by atoms with Gasteiger partial charge in [0.1, 0.15) is 33.6 Å². The summed E-state index contributed by atoms with van der Waals surface area (Å²) < 4.78 is 37.0. The molecule has 13 nitrogen and oxygen atoms in total. The fourth-order valence-electron chi connectivity index (χ4n) is 17.5. The highest BCUT2D eigenvalue weighted by molar-refractivity contribution is 7.27. The van der Waals surface area contributed by atoms with Crippen LogP contribution in [0, 0.1) is 0 Å². The Morgan fingerprint density at radius 3 is 1.39 bits per heavy atom. The van der Waals surface area contributed by atoms with Gasteiger partial charge in [0, 0.05) is 104 Å². The first kappa shape index (κ1) is 64.2. The van der Waals surface area contributed by atoms with Crippen LogP contribution in [-0.2, 0) is 5.41 Å². The zero-order valence-corrected chi connectivity index (χ0v) is 62.7. The minimum absolute atomic E-state index is 0.168. The van der Waals surface area contributed by atoms with Crippen LogP contribution in [0.5, 0.6) is 0 Å². The molecule has 0 amide bonds. The van der Waals surface area contributed by atoms with Crippen LogP contribution < -0.4 is 0 Å². The number of furan rings is 4. The zero-order chi connectivity index (χ0) is 75.0. The molecule has 12 heterocycles. The molecule has 0 N–H and O–H groups in total. The highest BCUT2D eigenvalue weighted by Gasteiger charge is 2.41. The molecule has 15 heteroatoms. The van der Waals surface area contributed by atoms with Crippen molar-refractivity contribution >= 4 is 184 Å². The summed E-state index contributed by atoms with van der Waals surface area (Å²) in [6, 6.07) is 107. The normalized spacial score (nSPS) is 12.7. The molecular formula is C99H59N9O4S2. The predicted octanol–water partition coefficient (Wildman–Crippen LogP) is 26.9. The van der Waals surface area contributed by atoms with Crippen LogP contribution in [0.25, 0.3) is 224 Å². The first-order valence-electron chi connectivity index (χ1n) is 38.0. The highest BCUT2D eigenvalue weighted by atomic mass is 32.1. The Labute approximate surface area is 655 Å². The van der Waals surface area contributed by atoms with Gasteiger partial charge in [-0.3, -0.25) is 13.7 Å². The van der Waals surface area contributed by atoms with Gasteiger partial charge >= 0.3 is 0 Å². The second kappa shape index (κ2) is 24.7. The number of nitrogens with zero attached hydrogens (tertiary/aromatic N) is 9. The van der Waals surface area contributed by atoms with Crippen molar-refractivity contribution < 1.29 is 17.7 Å². The molecule has 0 saturated carbocycles. The lowest BCUT2D eigenvalue weighted by Crippen LogP contribution is -2.14. The molecule has 0 aliphatic heterocycles. The number of hydrogen-bond acceptors (Lipinski definition) is 12. The van der Waals surface area contributed by atoms with E-state index in [0.29, 0.717) is 29.0 Å². The summed E-state index contributed by atoms with van der Waals surface area (Å²) in [4.78, 5) is 31.0. The molecule has 114 heavy (non-hydrogen) atoms. The lowest BCUT2D eigenvalue weighted by molar-refractivity contribution is 0.632. The van der Waals surface area contributed by atoms with E-state index in [1.165, 1.54) is 37.5 Å². The third-order valence-electron chi connectivity index (χ3n) is 22.8. The third-order valence-corrected chi connectivity index (χ3v) is 25.2. The maximum Gasteiger partial charge on any atom is 0.236 e. The van der Waals surface area contributed by atoms with E-state index in [4.69, 9.17) is 47.6 Å². The van der Waals surface area contributed by atoms with Crippen LogP contribution in [0.2, 0.25) is 0 Å². The number of hydrogen-bond donors (Lipinski definition) is 0. The quantitative estimate of drug-likeness (QED) is 0.158. The molecule has 1 aliphatic carbocycles. The Morgan fingerprint density at radius 2 is 0.728 bits per heavy atom.